The van der Waals surface area contributed by atoms with E-state index in [2.05, 4.69) is 17.1 Å². The Hall–Kier alpha value is -1.81. The van der Waals surface area contributed by atoms with Crippen LogP contribution in [0.1, 0.15) is 48.3 Å². The van der Waals surface area contributed by atoms with Gasteiger partial charge in [-0.2, -0.15) is 0 Å². The number of hydrogen-bond donors (Lipinski definition) is 1. The quantitative estimate of drug-likeness (QED) is 0.878. The van der Waals surface area contributed by atoms with Crippen molar-refractivity contribution in [1.82, 2.24) is 9.88 Å². The summed E-state index contributed by atoms with van der Waals surface area (Å²) >= 11 is 0. The predicted molar refractivity (Wildman–Crippen MR) is 90.9 cm³/mol. The molecular formula is C19H24N2O2. The van der Waals surface area contributed by atoms with E-state index in [0.29, 0.717) is 13.1 Å². The number of nitrogens with zero attached hydrogens (tertiary/aromatic N) is 1. The van der Waals surface area contributed by atoms with Crippen LogP contribution in [0, 0.1) is 0 Å². The maximum absolute atomic E-state index is 12.9. The first kappa shape index (κ1) is 14.8. The van der Waals surface area contributed by atoms with Gasteiger partial charge in [-0.25, -0.2) is 0 Å². The van der Waals surface area contributed by atoms with Gasteiger partial charge in [-0.1, -0.05) is 0 Å². The zero-order chi connectivity index (χ0) is 16.0. The molecule has 1 N–H and O–H groups in total. The summed E-state index contributed by atoms with van der Waals surface area (Å²) in [7, 11) is 0. The van der Waals surface area contributed by atoms with Crippen molar-refractivity contribution < 1.29 is 9.53 Å². The summed E-state index contributed by atoms with van der Waals surface area (Å²) in [5.41, 5.74) is 4.75. The van der Waals surface area contributed by atoms with Crippen LogP contribution in [0.5, 0.6) is 0 Å². The Kier molecular flexibility index (Phi) is 3.64. The highest BCUT2D eigenvalue weighted by Crippen LogP contribution is 2.30. The van der Waals surface area contributed by atoms with Crippen LogP contribution in [-0.4, -0.2) is 41.1 Å². The van der Waals surface area contributed by atoms with Crippen LogP contribution in [0.3, 0.4) is 0 Å². The molecule has 1 fully saturated rings. The Morgan fingerprint density at radius 2 is 1.91 bits per heavy atom. The van der Waals surface area contributed by atoms with Crippen molar-refractivity contribution >= 4 is 16.8 Å². The molecule has 1 aromatic carbocycles. The number of ether oxygens (including phenoxy) is 1. The zero-order valence-electron chi connectivity index (χ0n) is 13.9. The molecule has 4 heteroatoms. The molecule has 2 heterocycles. The SMILES string of the molecule is C[C@H]1CN(C(=O)c2ccc3[nH]c4c(c3c2)CCCC4)C[C@H](C)O1. The van der Waals surface area contributed by atoms with E-state index < -0.39 is 0 Å². The molecule has 0 unspecified atom stereocenters. The maximum Gasteiger partial charge on any atom is 0.254 e. The van der Waals surface area contributed by atoms with Crippen molar-refractivity contribution in [3.05, 3.63) is 35.0 Å². The number of benzene rings is 1. The van der Waals surface area contributed by atoms with Crippen molar-refractivity contribution in [2.75, 3.05) is 13.1 Å². The second kappa shape index (κ2) is 5.68. The molecule has 0 radical (unpaired) electrons. The van der Waals surface area contributed by atoms with E-state index in [1.807, 2.05) is 24.8 Å². The highest BCUT2D eigenvalue weighted by Gasteiger charge is 2.27. The average Bonchev–Trinajstić information content (AvgIpc) is 2.91. The monoisotopic (exact) mass is 312 g/mol. The lowest BCUT2D eigenvalue weighted by Gasteiger charge is -2.35. The number of fused-ring (bicyclic) bond motifs is 3. The number of H-pyrrole nitrogens is 1. The molecule has 1 aliphatic carbocycles. The molecular weight excluding hydrogens is 288 g/mol. The van der Waals surface area contributed by atoms with Crippen LogP contribution in [0.15, 0.2) is 18.2 Å². The second-order valence-corrected chi connectivity index (χ2v) is 7.02. The van der Waals surface area contributed by atoms with Gasteiger partial charge in [0.25, 0.3) is 5.91 Å². The summed E-state index contributed by atoms with van der Waals surface area (Å²) in [5.74, 6) is 0.125. The Morgan fingerprint density at radius 3 is 2.70 bits per heavy atom. The van der Waals surface area contributed by atoms with Crippen LogP contribution in [0.4, 0.5) is 0 Å². The number of nitrogens with one attached hydrogen (secondary N) is 1. The third-order valence-corrected chi connectivity index (χ3v) is 5.05. The number of carbonyl (C=O) groups excluding carboxylic acids is 1. The molecule has 0 bridgehead atoms. The van der Waals surface area contributed by atoms with Gasteiger partial charge in [-0.05, 0) is 63.3 Å². The third kappa shape index (κ3) is 2.65. The predicted octanol–water partition coefficient (Wildman–Crippen LogP) is 3.30. The summed E-state index contributed by atoms with van der Waals surface area (Å²) in [6, 6.07) is 6.11. The minimum absolute atomic E-state index is 0.103. The van der Waals surface area contributed by atoms with Gasteiger partial charge >= 0.3 is 0 Å². The molecule has 1 saturated heterocycles. The van der Waals surface area contributed by atoms with Gasteiger partial charge in [0.1, 0.15) is 0 Å². The molecule has 2 aliphatic rings. The van der Waals surface area contributed by atoms with E-state index >= 15 is 0 Å². The summed E-state index contributed by atoms with van der Waals surface area (Å²) in [6.07, 6.45) is 4.97. The van der Waals surface area contributed by atoms with E-state index in [9.17, 15) is 4.79 Å². The van der Waals surface area contributed by atoms with Gasteiger partial charge < -0.3 is 14.6 Å². The van der Waals surface area contributed by atoms with Crippen molar-refractivity contribution in [3.63, 3.8) is 0 Å². The Labute approximate surface area is 136 Å². The smallest absolute Gasteiger partial charge is 0.254 e. The lowest BCUT2D eigenvalue weighted by Crippen LogP contribution is -2.48. The van der Waals surface area contributed by atoms with Gasteiger partial charge in [0, 0.05) is 35.2 Å². The minimum Gasteiger partial charge on any atom is -0.372 e. The number of morpholine rings is 1. The zero-order valence-corrected chi connectivity index (χ0v) is 13.9. The Bertz CT molecular complexity index is 739. The largest absolute Gasteiger partial charge is 0.372 e. The third-order valence-electron chi connectivity index (χ3n) is 5.05. The summed E-state index contributed by atoms with van der Waals surface area (Å²) < 4.78 is 5.74. The first-order chi connectivity index (χ1) is 11.1. The van der Waals surface area contributed by atoms with E-state index in [1.54, 1.807) is 0 Å². The number of rotatable bonds is 1. The first-order valence-corrected chi connectivity index (χ1v) is 8.70. The summed E-state index contributed by atoms with van der Waals surface area (Å²) in [6.45, 7) is 5.41. The molecule has 23 heavy (non-hydrogen) atoms. The van der Waals surface area contributed by atoms with E-state index in [4.69, 9.17) is 4.74 Å². The summed E-state index contributed by atoms with van der Waals surface area (Å²) in [4.78, 5) is 18.3. The van der Waals surface area contributed by atoms with Gasteiger partial charge in [0.15, 0.2) is 0 Å². The van der Waals surface area contributed by atoms with Gasteiger partial charge in [-0.3, -0.25) is 4.79 Å². The fourth-order valence-electron chi connectivity index (χ4n) is 4.07. The molecule has 1 aromatic heterocycles. The Balaban J connectivity index is 1.67. The number of hydrogen-bond acceptors (Lipinski definition) is 2. The highest BCUT2D eigenvalue weighted by atomic mass is 16.5. The van der Waals surface area contributed by atoms with Gasteiger partial charge in [0.2, 0.25) is 0 Å². The van der Waals surface area contributed by atoms with Crippen LogP contribution in [0.25, 0.3) is 10.9 Å². The Morgan fingerprint density at radius 1 is 1.17 bits per heavy atom. The average molecular weight is 312 g/mol. The van der Waals surface area contributed by atoms with Crippen LogP contribution in [-0.2, 0) is 17.6 Å². The van der Waals surface area contributed by atoms with E-state index in [1.165, 1.54) is 29.5 Å². The number of amides is 1. The van der Waals surface area contributed by atoms with Crippen LogP contribution in [0.2, 0.25) is 0 Å². The lowest BCUT2D eigenvalue weighted by atomic mass is 9.95. The topological polar surface area (TPSA) is 45.3 Å². The second-order valence-electron chi connectivity index (χ2n) is 7.02. The standard InChI is InChI=1S/C19H24N2O2/c1-12-10-21(11-13(2)23-12)19(22)14-7-8-18-16(9-14)15-5-3-4-6-17(15)20-18/h7-9,12-13,20H,3-6,10-11H2,1-2H3/t12-,13-/m0/s1. The normalized spacial score (nSPS) is 24.7. The number of aryl methyl sites for hydroxylation is 2. The van der Waals surface area contributed by atoms with E-state index in [-0.39, 0.29) is 18.1 Å². The first-order valence-electron chi connectivity index (χ1n) is 8.70. The summed E-state index contributed by atoms with van der Waals surface area (Å²) in [5, 5.41) is 1.24. The number of aromatic nitrogens is 1. The molecule has 1 aliphatic heterocycles. The molecule has 1 amide bonds. The van der Waals surface area contributed by atoms with Crippen molar-refractivity contribution in [1.29, 1.82) is 0 Å². The fourth-order valence-corrected chi connectivity index (χ4v) is 4.07. The number of carbonyl (C=O) groups is 1. The van der Waals surface area contributed by atoms with Crippen LogP contribution < -0.4 is 0 Å². The molecule has 122 valence electrons. The number of aromatic amines is 1. The molecule has 2 aromatic rings. The van der Waals surface area contributed by atoms with Gasteiger partial charge in [0.05, 0.1) is 12.2 Å². The van der Waals surface area contributed by atoms with Crippen molar-refractivity contribution in [3.8, 4) is 0 Å². The molecule has 4 rings (SSSR count). The molecule has 2 atom stereocenters. The lowest BCUT2D eigenvalue weighted by molar-refractivity contribution is -0.0586. The molecule has 4 nitrogen and oxygen atoms in total. The van der Waals surface area contributed by atoms with Crippen molar-refractivity contribution in [2.24, 2.45) is 0 Å². The molecule has 0 spiro atoms. The fraction of sp³-hybridized carbons (Fsp3) is 0.526. The highest BCUT2D eigenvalue weighted by molar-refractivity contribution is 5.99. The van der Waals surface area contributed by atoms with Crippen molar-refractivity contribution in [2.45, 2.75) is 51.7 Å². The maximum atomic E-state index is 12.9. The molecule has 0 saturated carbocycles. The minimum atomic E-state index is 0.103. The van der Waals surface area contributed by atoms with E-state index in [0.717, 1.165) is 23.9 Å². The van der Waals surface area contributed by atoms with Gasteiger partial charge in [-0.15, -0.1) is 0 Å². The van der Waals surface area contributed by atoms with Crippen LogP contribution >= 0.6 is 0 Å².